The Hall–Kier alpha value is -2.88. The number of carboxylic acids is 1. The molecular formula is C23H28F2N4O3S. The number of thiophene rings is 1. The van der Waals surface area contributed by atoms with Crippen LogP contribution in [-0.4, -0.2) is 39.1 Å². The van der Waals surface area contributed by atoms with Gasteiger partial charge in [0.25, 0.3) is 6.43 Å². The van der Waals surface area contributed by atoms with Crippen molar-refractivity contribution in [1.82, 2.24) is 15.0 Å². The predicted octanol–water partition coefficient (Wildman–Crippen LogP) is 6.14. The molecular weight excluding hydrogens is 450 g/mol. The number of carboxylic acid groups (broad SMARTS) is 1. The van der Waals surface area contributed by atoms with E-state index in [-0.39, 0.29) is 12.3 Å². The number of aliphatic carboxylic acids is 1. The first-order chi connectivity index (χ1) is 16.0. The SMILES string of the molecule is Cc1c(CCCCCCCCC(=O)O)sc2ncnc(Nc3cccnc3OCC(F)F)c12. The Morgan fingerprint density at radius 1 is 1.15 bits per heavy atom. The summed E-state index contributed by atoms with van der Waals surface area (Å²) in [4.78, 5) is 25.5. The number of nitrogens with one attached hydrogen (secondary N) is 1. The third kappa shape index (κ3) is 7.31. The summed E-state index contributed by atoms with van der Waals surface area (Å²) in [7, 11) is 0. The Balaban J connectivity index is 1.62. The smallest absolute Gasteiger partial charge is 0.303 e. The van der Waals surface area contributed by atoms with Crippen LogP contribution in [0.1, 0.15) is 55.4 Å². The van der Waals surface area contributed by atoms with Crippen LogP contribution in [0.5, 0.6) is 5.88 Å². The van der Waals surface area contributed by atoms with E-state index in [0.29, 0.717) is 11.5 Å². The number of carbonyl (C=O) groups is 1. The number of hydrogen-bond donors (Lipinski definition) is 2. The molecule has 178 valence electrons. The van der Waals surface area contributed by atoms with E-state index < -0.39 is 19.0 Å². The highest BCUT2D eigenvalue weighted by molar-refractivity contribution is 7.18. The minimum atomic E-state index is -2.59. The molecule has 0 aromatic carbocycles. The maximum atomic E-state index is 12.6. The minimum absolute atomic E-state index is 0.0982. The molecule has 0 unspecified atom stereocenters. The van der Waals surface area contributed by atoms with Crippen LogP contribution in [0, 0.1) is 6.92 Å². The number of anilines is 2. The largest absolute Gasteiger partial charge is 0.481 e. The highest BCUT2D eigenvalue weighted by Gasteiger charge is 2.16. The average Bonchev–Trinajstić information content (AvgIpc) is 3.11. The molecule has 0 spiro atoms. The molecule has 0 amide bonds. The quantitative estimate of drug-likeness (QED) is 0.269. The van der Waals surface area contributed by atoms with Crippen molar-refractivity contribution >= 4 is 39.0 Å². The normalized spacial score (nSPS) is 11.3. The topological polar surface area (TPSA) is 97.2 Å². The van der Waals surface area contributed by atoms with Crippen molar-refractivity contribution in [1.29, 1.82) is 0 Å². The van der Waals surface area contributed by atoms with Gasteiger partial charge < -0.3 is 15.2 Å². The van der Waals surface area contributed by atoms with Crippen LogP contribution in [0.3, 0.4) is 0 Å². The van der Waals surface area contributed by atoms with Crippen LogP contribution < -0.4 is 10.1 Å². The fourth-order valence-electron chi connectivity index (χ4n) is 3.59. The fraction of sp³-hybridized carbons (Fsp3) is 0.478. The third-order valence-corrected chi connectivity index (χ3v) is 6.50. The Kier molecular flexibility index (Phi) is 9.29. The van der Waals surface area contributed by atoms with Crippen LogP contribution in [0.15, 0.2) is 24.7 Å². The number of rotatable bonds is 14. The fourth-order valence-corrected chi connectivity index (χ4v) is 4.78. The van der Waals surface area contributed by atoms with E-state index in [4.69, 9.17) is 9.84 Å². The van der Waals surface area contributed by atoms with Crippen molar-refractivity contribution < 1.29 is 23.4 Å². The number of nitrogens with zero attached hydrogens (tertiary/aromatic N) is 3. The summed E-state index contributed by atoms with van der Waals surface area (Å²) in [5, 5.41) is 12.8. The molecule has 3 rings (SSSR count). The first-order valence-corrected chi connectivity index (χ1v) is 11.8. The molecule has 0 fully saturated rings. The summed E-state index contributed by atoms with van der Waals surface area (Å²) in [6, 6.07) is 3.41. The van der Waals surface area contributed by atoms with E-state index in [1.807, 2.05) is 6.92 Å². The molecule has 0 aliphatic heterocycles. The van der Waals surface area contributed by atoms with E-state index >= 15 is 0 Å². The van der Waals surface area contributed by atoms with Gasteiger partial charge in [-0.1, -0.05) is 25.7 Å². The molecule has 0 saturated heterocycles. The molecule has 0 aliphatic rings. The second-order valence-corrected chi connectivity index (χ2v) is 8.83. The summed E-state index contributed by atoms with van der Waals surface area (Å²) in [5.41, 5.74) is 1.58. The molecule has 33 heavy (non-hydrogen) atoms. The number of halogens is 2. The molecule has 10 heteroatoms. The molecule has 0 atom stereocenters. The lowest BCUT2D eigenvalue weighted by Gasteiger charge is -2.12. The number of fused-ring (bicyclic) bond motifs is 1. The van der Waals surface area contributed by atoms with Gasteiger partial charge in [0.15, 0.2) is 6.61 Å². The minimum Gasteiger partial charge on any atom is -0.481 e. The first-order valence-electron chi connectivity index (χ1n) is 11.0. The van der Waals surface area contributed by atoms with Crippen LogP contribution in [0.25, 0.3) is 10.2 Å². The van der Waals surface area contributed by atoms with Crippen molar-refractivity contribution in [3.05, 3.63) is 35.1 Å². The van der Waals surface area contributed by atoms with Gasteiger partial charge in [0.05, 0.1) is 5.39 Å². The molecule has 3 aromatic heterocycles. The Labute approximate surface area is 195 Å². The lowest BCUT2D eigenvalue weighted by Crippen LogP contribution is -2.09. The number of hydrogen-bond acceptors (Lipinski definition) is 7. The molecule has 0 aliphatic carbocycles. The number of aryl methyl sites for hydroxylation is 2. The first kappa shape index (κ1) is 24.8. The number of aromatic nitrogens is 3. The number of pyridine rings is 1. The number of ether oxygens (including phenoxy) is 1. The van der Waals surface area contributed by atoms with Gasteiger partial charge in [0.2, 0.25) is 5.88 Å². The van der Waals surface area contributed by atoms with Gasteiger partial charge in [-0.3, -0.25) is 4.79 Å². The predicted molar refractivity (Wildman–Crippen MR) is 125 cm³/mol. The zero-order valence-electron chi connectivity index (χ0n) is 18.5. The molecule has 0 radical (unpaired) electrons. The molecule has 3 heterocycles. The van der Waals surface area contributed by atoms with E-state index in [1.165, 1.54) is 17.4 Å². The van der Waals surface area contributed by atoms with Crippen molar-refractivity contribution in [3.63, 3.8) is 0 Å². The highest BCUT2D eigenvalue weighted by Crippen LogP contribution is 2.36. The van der Waals surface area contributed by atoms with Crippen molar-refractivity contribution in [2.45, 2.75) is 64.7 Å². The number of alkyl halides is 2. The molecule has 2 N–H and O–H groups in total. The van der Waals surface area contributed by atoms with E-state index in [2.05, 4.69) is 20.3 Å². The van der Waals surface area contributed by atoms with Gasteiger partial charge in [-0.25, -0.2) is 23.7 Å². The number of unbranched alkanes of at least 4 members (excludes halogenated alkanes) is 5. The lowest BCUT2D eigenvalue weighted by molar-refractivity contribution is -0.137. The van der Waals surface area contributed by atoms with Crippen LogP contribution in [0.2, 0.25) is 0 Å². The molecule has 7 nitrogen and oxygen atoms in total. The van der Waals surface area contributed by atoms with E-state index in [9.17, 15) is 13.6 Å². The van der Waals surface area contributed by atoms with Crippen LogP contribution in [-0.2, 0) is 11.2 Å². The molecule has 0 bridgehead atoms. The van der Waals surface area contributed by atoms with E-state index in [1.54, 1.807) is 23.5 Å². The summed E-state index contributed by atoms with van der Waals surface area (Å²) in [5.74, 6) is -0.0398. The van der Waals surface area contributed by atoms with Gasteiger partial charge in [-0.15, -0.1) is 11.3 Å². The van der Waals surface area contributed by atoms with Crippen LogP contribution >= 0.6 is 11.3 Å². The third-order valence-electron chi connectivity index (χ3n) is 5.24. The van der Waals surface area contributed by atoms with Gasteiger partial charge in [-0.2, -0.15) is 0 Å². The zero-order chi connectivity index (χ0) is 23.6. The Morgan fingerprint density at radius 3 is 2.67 bits per heavy atom. The van der Waals surface area contributed by atoms with Crippen molar-refractivity contribution in [2.24, 2.45) is 0 Å². The summed E-state index contributed by atoms with van der Waals surface area (Å²) >= 11 is 1.64. The maximum Gasteiger partial charge on any atom is 0.303 e. The standard InChI is InChI=1S/C23H28F2N4O3S/c1-15-17(10-6-4-2-3-5-7-11-19(30)31)33-23-20(15)21(27-14-28-23)29-16-9-8-12-26-22(16)32-13-18(24)25/h8-9,12,14,18H,2-7,10-11,13H2,1H3,(H,30,31)(H,27,28,29). The maximum absolute atomic E-state index is 12.6. The Bertz CT molecular complexity index is 1060. The van der Waals surface area contributed by atoms with E-state index in [0.717, 1.165) is 60.7 Å². The van der Waals surface area contributed by atoms with Gasteiger partial charge in [0.1, 0.15) is 22.7 Å². The van der Waals surface area contributed by atoms with Crippen LogP contribution in [0.4, 0.5) is 20.3 Å². The zero-order valence-corrected chi connectivity index (χ0v) is 19.3. The average molecular weight is 479 g/mol. The Morgan fingerprint density at radius 2 is 1.91 bits per heavy atom. The second-order valence-electron chi connectivity index (χ2n) is 7.75. The van der Waals surface area contributed by atoms with Gasteiger partial charge >= 0.3 is 5.97 Å². The second kappa shape index (κ2) is 12.4. The summed E-state index contributed by atoms with van der Waals surface area (Å²) < 4.78 is 30.3. The monoisotopic (exact) mass is 478 g/mol. The van der Waals surface area contributed by atoms with Gasteiger partial charge in [-0.05, 0) is 43.9 Å². The van der Waals surface area contributed by atoms with Crippen molar-refractivity contribution in [3.8, 4) is 5.88 Å². The highest BCUT2D eigenvalue weighted by atomic mass is 32.1. The summed E-state index contributed by atoms with van der Waals surface area (Å²) in [6.45, 7) is 1.32. The van der Waals surface area contributed by atoms with Crippen molar-refractivity contribution in [2.75, 3.05) is 11.9 Å². The van der Waals surface area contributed by atoms with Gasteiger partial charge in [0, 0.05) is 17.5 Å². The molecule has 3 aromatic rings. The lowest BCUT2D eigenvalue weighted by atomic mass is 10.1. The summed E-state index contributed by atoms with van der Waals surface area (Å²) in [6.07, 6.45) is 7.57. The molecule has 0 saturated carbocycles.